The van der Waals surface area contributed by atoms with Gasteiger partial charge in [0.2, 0.25) is 0 Å². The largest absolute Gasteiger partial charge is 0.311 e. The van der Waals surface area contributed by atoms with E-state index < -0.39 is 0 Å². The number of hydrogen-bond donors (Lipinski definition) is 1. The lowest BCUT2D eigenvalue weighted by atomic mass is 9.53. The van der Waals surface area contributed by atoms with Crippen molar-refractivity contribution in [2.24, 2.45) is 23.2 Å². The third-order valence-corrected chi connectivity index (χ3v) is 6.29. The lowest BCUT2D eigenvalue weighted by Crippen LogP contribution is -2.59. The van der Waals surface area contributed by atoms with Crippen LogP contribution in [0.3, 0.4) is 0 Å². The Morgan fingerprint density at radius 1 is 1.00 bits per heavy atom. The van der Waals surface area contributed by atoms with Gasteiger partial charge < -0.3 is 5.32 Å². The van der Waals surface area contributed by atoms with Crippen LogP contribution >= 0.6 is 0 Å². The highest BCUT2D eigenvalue weighted by molar-refractivity contribution is 5.09. The molecule has 1 N–H and O–H groups in total. The van der Waals surface area contributed by atoms with Crippen molar-refractivity contribution in [1.29, 1.82) is 5.26 Å². The summed E-state index contributed by atoms with van der Waals surface area (Å²) in [6.45, 7) is 1.12. The summed E-state index contributed by atoms with van der Waals surface area (Å²) in [7, 11) is 0. The van der Waals surface area contributed by atoms with E-state index >= 15 is 0 Å². The van der Waals surface area contributed by atoms with Crippen molar-refractivity contribution in [1.82, 2.24) is 5.32 Å². The van der Waals surface area contributed by atoms with Crippen LogP contribution in [0.15, 0.2) is 0 Å². The fourth-order valence-corrected chi connectivity index (χ4v) is 5.46. The van der Waals surface area contributed by atoms with Gasteiger partial charge in [-0.25, -0.2) is 0 Å². The maximum atomic E-state index is 8.92. The van der Waals surface area contributed by atoms with Gasteiger partial charge in [0.05, 0.1) is 6.07 Å². The summed E-state index contributed by atoms with van der Waals surface area (Å²) in [6, 6.07) is 2.39. The van der Waals surface area contributed by atoms with Gasteiger partial charge in [0, 0.05) is 18.5 Å². The number of nitriles is 1. The maximum Gasteiger partial charge on any atom is 0.0628 e. The molecule has 0 aromatic rings. The Kier molecular flexibility index (Phi) is 2.34. The lowest BCUT2D eigenvalue weighted by molar-refractivity contribution is -0.0218. The number of nitrogens with zero attached hydrogens (tertiary/aromatic N) is 1. The summed E-state index contributed by atoms with van der Waals surface area (Å²) in [5.74, 6) is 3.07. The van der Waals surface area contributed by atoms with Crippen LogP contribution in [0.1, 0.15) is 57.8 Å². The minimum atomic E-state index is 0.373. The van der Waals surface area contributed by atoms with Gasteiger partial charge in [-0.05, 0) is 74.5 Å². The molecular formula is C16H24N2. The van der Waals surface area contributed by atoms with E-state index in [1.807, 2.05) is 0 Å². The zero-order valence-corrected chi connectivity index (χ0v) is 11.3. The van der Waals surface area contributed by atoms with Crippen LogP contribution in [-0.4, -0.2) is 12.1 Å². The molecule has 98 valence electrons. The molecule has 0 unspecified atom stereocenters. The second-order valence-electron chi connectivity index (χ2n) is 7.89. The van der Waals surface area contributed by atoms with Gasteiger partial charge in [0.1, 0.15) is 0 Å². The Bertz CT molecular complexity index is 353. The van der Waals surface area contributed by atoms with Crippen LogP contribution in [0.4, 0.5) is 0 Å². The van der Waals surface area contributed by atoms with E-state index in [4.69, 9.17) is 5.26 Å². The molecular weight excluding hydrogens is 220 g/mol. The smallest absolute Gasteiger partial charge is 0.0628 e. The van der Waals surface area contributed by atoms with Gasteiger partial charge >= 0.3 is 0 Å². The predicted molar refractivity (Wildman–Crippen MR) is 70.8 cm³/mol. The third kappa shape index (κ3) is 1.79. The van der Waals surface area contributed by atoms with Gasteiger partial charge in [0.15, 0.2) is 0 Å². The molecule has 5 aliphatic carbocycles. The highest BCUT2D eigenvalue weighted by Gasteiger charge is 2.52. The van der Waals surface area contributed by atoms with Crippen molar-refractivity contribution in [2.75, 3.05) is 6.54 Å². The summed E-state index contributed by atoms with van der Waals surface area (Å²) in [4.78, 5) is 0. The molecule has 2 heteroatoms. The Morgan fingerprint density at radius 2 is 1.56 bits per heavy atom. The topological polar surface area (TPSA) is 35.8 Å². The van der Waals surface area contributed by atoms with E-state index in [2.05, 4.69) is 11.4 Å². The molecule has 0 spiro atoms. The molecule has 0 aliphatic heterocycles. The van der Waals surface area contributed by atoms with E-state index in [1.54, 1.807) is 0 Å². The van der Waals surface area contributed by atoms with Crippen molar-refractivity contribution in [3.05, 3.63) is 0 Å². The fourth-order valence-electron chi connectivity index (χ4n) is 5.46. The molecule has 5 fully saturated rings. The molecule has 18 heavy (non-hydrogen) atoms. The molecule has 0 aromatic carbocycles. The molecule has 0 heterocycles. The Labute approximate surface area is 110 Å². The van der Waals surface area contributed by atoms with Crippen LogP contribution in [0.5, 0.6) is 0 Å². The van der Waals surface area contributed by atoms with Crippen molar-refractivity contribution < 1.29 is 0 Å². The van der Waals surface area contributed by atoms with Crippen molar-refractivity contribution in [3.8, 4) is 6.07 Å². The fraction of sp³-hybridized carbons (Fsp3) is 0.938. The van der Waals surface area contributed by atoms with Crippen LogP contribution in [0.25, 0.3) is 0 Å². The molecule has 5 saturated carbocycles. The minimum Gasteiger partial charge on any atom is -0.311 e. The molecule has 4 bridgehead atoms. The van der Waals surface area contributed by atoms with Gasteiger partial charge in [-0.15, -0.1) is 0 Å². The molecule has 0 aromatic heterocycles. The average molecular weight is 244 g/mol. The van der Waals surface area contributed by atoms with E-state index in [0.717, 1.165) is 30.7 Å². The van der Waals surface area contributed by atoms with Crippen LogP contribution in [0.2, 0.25) is 0 Å². The zero-order chi connectivity index (χ0) is 12.2. The summed E-state index contributed by atoms with van der Waals surface area (Å²) >= 11 is 0. The van der Waals surface area contributed by atoms with Crippen molar-refractivity contribution >= 4 is 0 Å². The van der Waals surface area contributed by atoms with Gasteiger partial charge in [-0.1, -0.05) is 0 Å². The first-order valence-electron chi connectivity index (χ1n) is 7.83. The van der Waals surface area contributed by atoms with Crippen molar-refractivity contribution in [3.63, 3.8) is 0 Å². The number of nitrogens with one attached hydrogen (secondary N) is 1. The summed E-state index contributed by atoms with van der Waals surface area (Å²) < 4.78 is 0. The van der Waals surface area contributed by atoms with Crippen LogP contribution < -0.4 is 5.32 Å². The number of hydrogen-bond acceptors (Lipinski definition) is 2. The summed E-state index contributed by atoms with van der Waals surface area (Å²) in [5, 5.41) is 12.9. The first-order chi connectivity index (χ1) is 8.71. The SMILES string of the molecule is N#CCC1(CNC23CC4CC(CC(C4)C2)C3)CC1. The highest BCUT2D eigenvalue weighted by Crippen LogP contribution is 2.56. The van der Waals surface area contributed by atoms with Crippen LogP contribution in [0, 0.1) is 34.5 Å². The monoisotopic (exact) mass is 244 g/mol. The van der Waals surface area contributed by atoms with Crippen LogP contribution in [-0.2, 0) is 0 Å². The quantitative estimate of drug-likeness (QED) is 0.824. The molecule has 0 radical (unpaired) electrons. The second kappa shape index (κ2) is 3.73. The predicted octanol–water partition coefficient (Wildman–Crippen LogP) is 3.24. The normalized spacial score (nSPS) is 46.9. The molecule has 0 atom stereocenters. The maximum absolute atomic E-state index is 8.92. The number of rotatable bonds is 4. The van der Waals surface area contributed by atoms with E-state index in [0.29, 0.717) is 11.0 Å². The van der Waals surface area contributed by atoms with E-state index in [1.165, 1.54) is 51.4 Å². The molecule has 5 rings (SSSR count). The van der Waals surface area contributed by atoms with Gasteiger partial charge in [-0.3, -0.25) is 0 Å². The van der Waals surface area contributed by atoms with E-state index in [-0.39, 0.29) is 0 Å². The summed E-state index contributed by atoms with van der Waals surface area (Å²) in [6.07, 6.45) is 12.2. The standard InChI is InChI=1S/C16H24N2/c17-4-3-15(1-2-15)11-18-16-8-12-5-13(9-16)7-14(6-12)10-16/h12-14,18H,1-3,5-11H2. The summed E-state index contributed by atoms with van der Waals surface area (Å²) in [5.41, 5.74) is 0.859. The minimum absolute atomic E-state index is 0.373. The van der Waals surface area contributed by atoms with E-state index in [9.17, 15) is 0 Å². The zero-order valence-electron chi connectivity index (χ0n) is 11.3. The van der Waals surface area contributed by atoms with Gasteiger partial charge in [0.25, 0.3) is 0 Å². The first kappa shape index (κ1) is 11.3. The third-order valence-electron chi connectivity index (χ3n) is 6.29. The molecule has 0 amide bonds. The lowest BCUT2D eigenvalue weighted by Gasteiger charge is -2.57. The highest BCUT2D eigenvalue weighted by atomic mass is 15.0. The first-order valence-corrected chi connectivity index (χ1v) is 7.83. The Hall–Kier alpha value is -0.550. The molecule has 2 nitrogen and oxygen atoms in total. The molecule has 5 aliphatic rings. The Morgan fingerprint density at radius 3 is 2.00 bits per heavy atom. The second-order valence-corrected chi connectivity index (χ2v) is 7.89. The molecule has 0 saturated heterocycles. The average Bonchev–Trinajstić information content (AvgIpc) is 3.06. The Balaban J connectivity index is 1.44. The van der Waals surface area contributed by atoms with Gasteiger partial charge in [-0.2, -0.15) is 5.26 Å². The van der Waals surface area contributed by atoms with Crippen molar-refractivity contribution in [2.45, 2.75) is 63.3 Å².